The summed E-state index contributed by atoms with van der Waals surface area (Å²) >= 11 is 0. The van der Waals surface area contributed by atoms with Gasteiger partial charge in [0.1, 0.15) is 0 Å². The molecule has 1 aliphatic heterocycles. The molecule has 24 heavy (non-hydrogen) atoms. The van der Waals surface area contributed by atoms with Gasteiger partial charge in [-0.2, -0.15) is 0 Å². The highest BCUT2D eigenvalue weighted by atomic mass is 31.1. The second-order valence-electron chi connectivity index (χ2n) is 11.1. The first-order chi connectivity index (χ1) is 11.0. The highest BCUT2D eigenvalue weighted by molar-refractivity contribution is 7.38. The van der Waals surface area contributed by atoms with Gasteiger partial charge >= 0.3 is 0 Å². The molecule has 0 aromatic rings. The van der Waals surface area contributed by atoms with Gasteiger partial charge in [-0.05, 0) is 80.9 Å². The fraction of sp³-hybridized carbons (Fsp3) is 1.00. The Balaban J connectivity index is 1.82. The van der Waals surface area contributed by atoms with E-state index in [0.717, 1.165) is 22.9 Å². The molecule has 1 heterocycles. The van der Waals surface area contributed by atoms with E-state index in [1.54, 1.807) is 0 Å². The van der Waals surface area contributed by atoms with Crippen molar-refractivity contribution in [2.24, 2.45) is 22.7 Å². The van der Waals surface area contributed by atoms with Gasteiger partial charge < -0.3 is 0 Å². The number of unbranched alkanes of at least 4 members (excludes halogenated alkanes) is 1. The third-order valence-electron chi connectivity index (χ3n) is 6.94. The molecule has 2 rings (SSSR count). The third-order valence-corrected chi connectivity index (χ3v) is 8.84. The molecule has 0 aromatic heterocycles. The summed E-state index contributed by atoms with van der Waals surface area (Å²) in [7, 11) is 1.19. The van der Waals surface area contributed by atoms with E-state index in [0.29, 0.717) is 11.0 Å². The van der Waals surface area contributed by atoms with Crippen LogP contribution in [-0.4, -0.2) is 35.3 Å². The van der Waals surface area contributed by atoms with E-state index < -0.39 is 0 Å². The fourth-order valence-electron chi connectivity index (χ4n) is 4.72. The van der Waals surface area contributed by atoms with Crippen LogP contribution in [0, 0.1) is 22.7 Å². The van der Waals surface area contributed by atoms with Crippen molar-refractivity contribution in [3.05, 3.63) is 0 Å². The Kier molecular flexibility index (Phi) is 6.52. The molecule has 3 atom stereocenters. The van der Waals surface area contributed by atoms with Gasteiger partial charge in [-0.15, -0.1) is 8.58 Å². The molecule has 0 N–H and O–H groups in total. The minimum atomic E-state index is 0.376. The summed E-state index contributed by atoms with van der Waals surface area (Å²) in [5, 5.41) is 0. The maximum Gasteiger partial charge on any atom is 0.0125 e. The molecular weight excluding hydrogens is 309 g/mol. The summed E-state index contributed by atoms with van der Waals surface area (Å²) in [6.07, 6.45) is 8.81. The largest absolute Gasteiger partial charge is 0.297 e. The lowest BCUT2D eigenvalue weighted by atomic mass is 9.55. The highest BCUT2D eigenvalue weighted by Crippen LogP contribution is 2.56. The average molecular weight is 354 g/mol. The van der Waals surface area contributed by atoms with Crippen LogP contribution in [0.5, 0.6) is 0 Å². The molecule has 1 saturated heterocycles. The zero-order valence-corrected chi connectivity index (χ0v) is 18.8. The molecule has 0 aromatic carbocycles. The third kappa shape index (κ3) is 4.97. The van der Waals surface area contributed by atoms with E-state index in [1.165, 1.54) is 59.9 Å². The lowest BCUT2D eigenvalue weighted by Crippen LogP contribution is -2.67. The van der Waals surface area contributed by atoms with Gasteiger partial charge in [-0.1, -0.05) is 41.0 Å². The fourth-order valence-corrected chi connectivity index (χ4v) is 7.00. The normalized spacial score (nSPS) is 25.0. The maximum atomic E-state index is 2.68. The first-order valence-electron chi connectivity index (χ1n) is 10.5. The molecule has 2 aliphatic rings. The minimum absolute atomic E-state index is 0.376. The highest BCUT2D eigenvalue weighted by Gasteiger charge is 2.54. The molecule has 142 valence electrons. The zero-order valence-electron chi connectivity index (χ0n) is 17.8. The van der Waals surface area contributed by atoms with Crippen molar-refractivity contribution in [2.45, 2.75) is 98.7 Å². The van der Waals surface area contributed by atoms with Crippen LogP contribution in [-0.2, 0) is 0 Å². The lowest BCUT2D eigenvalue weighted by molar-refractivity contribution is -0.132. The van der Waals surface area contributed by atoms with Gasteiger partial charge in [-0.3, -0.25) is 4.90 Å². The van der Waals surface area contributed by atoms with Crippen molar-refractivity contribution in [3.8, 4) is 0 Å². The van der Waals surface area contributed by atoms with E-state index in [1.807, 2.05) is 0 Å². The minimum Gasteiger partial charge on any atom is -0.297 e. The topological polar surface area (TPSA) is 3.24 Å². The maximum absolute atomic E-state index is 2.68. The Hall–Kier alpha value is 0.390. The average Bonchev–Trinajstić information content (AvgIpc) is 2.34. The monoisotopic (exact) mass is 353 g/mol. The number of nitrogens with zero attached hydrogens (tertiary/aromatic N) is 1. The Morgan fingerprint density at radius 2 is 1.67 bits per heavy atom. The Labute approximate surface area is 154 Å². The van der Waals surface area contributed by atoms with Gasteiger partial charge in [0.05, 0.1) is 0 Å². The second-order valence-corrected chi connectivity index (χ2v) is 12.8. The van der Waals surface area contributed by atoms with Crippen LogP contribution in [0.15, 0.2) is 0 Å². The van der Waals surface area contributed by atoms with Crippen LogP contribution in [0.25, 0.3) is 0 Å². The van der Waals surface area contributed by atoms with E-state index in [4.69, 9.17) is 0 Å². The summed E-state index contributed by atoms with van der Waals surface area (Å²) < 4.78 is 0. The summed E-state index contributed by atoms with van der Waals surface area (Å²) in [4.78, 5) is 2.68. The van der Waals surface area contributed by atoms with Crippen molar-refractivity contribution >= 4 is 8.58 Å². The van der Waals surface area contributed by atoms with Gasteiger partial charge in [0.25, 0.3) is 0 Å². The Morgan fingerprint density at radius 1 is 1.08 bits per heavy atom. The molecule has 3 unspecified atom stereocenters. The number of hydrogen-bond acceptors (Lipinski definition) is 1. The first-order valence-corrected chi connectivity index (χ1v) is 11.7. The van der Waals surface area contributed by atoms with Crippen molar-refractivity contribution in [2.75, 3.05) is 19.3 Å². The summed E-state index contributed by atoms with van der Waals surface area (Å²) in [5.74, 6) is 1.88. The molecule has 0 bridgehead atoms. The Bertz CT molecular complexity index is 389. The van der Waals surface area contributed by atoms with Gasteiger partial charge in [0, 0.05) is 18.6 Å². The molecule has 0 amide bonds. The molecule has 2 fully saturated rings. The molecule has 1 aliphatic carbocycles. The SMILES string of the molecule is CCCCPC(CC1CC2(C1)CN(C(C)(C)C)C2)C(C)C(C)(C)C. The molecule has 1 nitrogen and oxygen atoms in total. The second kappa shape index (κ2) is 7.56. The smallest absolute Gasteiger partial charge is 0.0125 e. The molecule has 1 spiro atoms. The van der Waals surface area contributed by atoms with E-state index in [9.17, 15) is 0 Å². The number of rotatable bonds is 7. The summed E-state index contributed by atoms with van der Waals surface area (Å²) in [6, 6.07) is 0. The van der Waals surface area contributed by atoms with Crippen LogP contribution >= 0.6 is 8.58 Å². The molecule has 2 heteroatoms. The molecule has 0 radical (unpaired) electrons. The van der Waals surface area contributed by atoms with Crippen molar-refractivity contribution in [1.82, 2.24) is 4.90 Å². The number of likely N-dealkylation sites (tertiary alicyclic amines) is 1. The van der Waals surface area contributed by atoms with Gasteiger partial charge in [0.2, 0.25) is 0 Å². The van der Waals surface area contributed by atoms with Crippen LogP contribution in [0.2, 0.25) is 0 Å². The van der Waals surface area contributed by atoms with Crippen molar-refractivity contribution < 1.29 is 0 Å². The lowest BCUT2D eigenvalue weighted by Gasteiger charge is -2.63. The first kappa shape index (κ1) is 20.7. The summed E-state index contributed by atoms with van der Waals surface area (Å²) in [6.45, 7) is 22.0. The zero-order chi connectivity index (χ0) is 18.2. The Morgan fingerprint density at radius 3 is 2.12 bits per heavy atom. The summed E-state index contributed by atoms with van der Waals surface area (Å²) in [5.41, 5.74) is 2.53. The molecular formula is C22H44NP. The number of hydrogen-bond donors (Lipinski definition) is 0. The predicted octanol–water partition coefficient (Wildman–Crippen LogP) is 6.42. The van der Waals surface area contributed by atoms with E-state index in [2.05, 4.69) is 60.3 Å². The van der Waals surface area contributed by atoms with Gasteiger partial charge in [0.15, 0.2) is 0 Å². The standard InChI is InChI=1S/C22H44NP/c1-9-10-11-24-19(17(2)20(3,4)5)12-18-13-22(14-18)15-23(16-22)21(6,7)8/h17-19,24H,9-16H2,1-8H3. The van der Waals surface area contributed by atoms with E-state index in [-0.39, 0.29) is 0 Å². The van der Waals surface area contributed by atoms with Crippen molar-refractivity contribution in [1.29, 1.82) is 0 Å². The quantitative estimate of drug-likeness (QED) is 0.377. The van der Waals surface area contributed by atoms with Crippen molar-refractivity contribution in [3.63, 3.8) is 0 Å². The van der Waals surface area contributed by atoms with Crippen LogP contribution in [0.1, 0.15) is 87.5 Å². The van der Waals surface area contributed by atoms with Crippen LogP contribution in [0.3, 0.4) is 0 Å². The van der Waals surface area contributed by atoms with E-state index >= 15 is 0 Å². The predicted molar refractivity (Wildman–Crippen MR) is 112 cm³/mol. The van der Waals surface area contributed by atoms with Crippen LogP contribution in [0.4, 0.5) is 0 Å². The molecule has 1 saturated carbocycles. The van der Waals surface area contributed by atoms with Gasteiger partial charge in [-0.25, -0.2) is 0 Å². The van der Waals surface area contributed by atoms with Crippen LogP contribution < -0.4 is 0 Å².